The molecule has 0 bridgehead atoms. The fourth-order valence-corrected chi connectivity index (χ4v) is 3.43. The van der Waals surface area contributed by atoms with E-state index in [4.69, 9.17) is 4.74 Å². The molecule has 17 heavy (non-hydrogen) atoms. The molecule has 0 amide bonds. The third-order valence-corrected chi connectivity index (χ3v) is 4.63. The van der Waals surface area contributed by atoms with Gasteiger partial charge in [0.2, 0.25) is 0 Å². The molecule has 2 nitrogen and oxygen atoms in total. The van der Waals surface area contributed by atoms with Crippen molar-refractivity contribution in [3.8, 4) is 5.75 Å². The van der Waals surface area contributed by atoms with Crippen LogP contribution in [0.15, 0.2) is 34.1 Å². The third-order valence-electron chi connectivity index (χ3n) is 2.90. The third kappa shape index (κ3) is 1.96. The number of nitrogens with one attached hydrogen (secondary N) is 1. The Kier molecular flexibility index (Phi) is 2.84. The topological polar surface area (TPSA) is 21.3 Å². The molecule has 1 unspecified atom stereocenters. The summed E-state index contributed by atoms with van der Waals surface area (Å²) in [6.45, 7) is 2.95. The van der Waals surface area contributed by atoms with Crippen LogP contribution in [-0.2, 0) is 0 Å². The van der Waals surface area contributed by atoms with Crippen LogP contribution in [0.3, 0.4) is 0 Å². The molecule has 1 N–H and O–H groups in total. The van der Waals surface area contributed by atoms with Gasteiger partial charge in [-0.05, 0) is 52.0 Å². The molecule has 1 aliphatic heterocycles. The quantitative estimate of drug-likeness (QED) is 0.845. The largest absolute Gasteiger partial charge is 0.480 e. The molecule has 0 fully saturated rings. The van der Waals surface area contributed by atoms with Crippen LogP contribution in [0.5, 0.6) is 5.75 Å². The number of fused-ring (bicyclic) bond motifs is 1. The van der Waals surface area contributed by atoms with E-state index in [1.165, 1.54) is 10.4 Å². The highest BCUT2D eigenvalue weighted by molar-refractivity contribution is 9.10. The number of aryl methyl sites for hydroxylation is 1. The molecule has 0 aliphatic carbocycles. The number of para-hydroxylation sites is 1. The minimum Gasteiger partial charge on any atom is -0.480 e. The van der Waals surface area contributed by atoms with Gasteiger partial charge in [0.15, 0.2) is 11.9 Å². The highest BCUT2D eigenvalue weighted by Crippen LogP contribution is 2.41. The van der Waals surface area contributed by atoms with Crippen molar-refractivity contribution in [3.63, 3.8) is 0 Å². The van der Waals surface area contributed by atoms with Crippen LogP contribution in [0.1, 0.15) is 16.5 Å². The van der Waals surface area contributed by atoms with Gasteiger partial charge in [-0.15, -0.1) is 11.3 Å². The number of ether oxygens (including phenoxy) is 1. The molecule has 0 saturated carbocycles. The number of anilines is 1. The van der Waals surface area contributed by atoms with Crippen molar-refractivity contribution in [3.05, 3.63) is 44.6 Å². The second-order valence-electron chi connectivity index (χ2n) is 4.07. The van der Waals surface area contributed by atoms with Crippen LogP contribution in [-0.4, -0.2) is 6.54 Å². The van der Waals surface area contributed by atoms with E-state index >= 15 is 0 Å². The van der Waals surface area contributed by atoms with E-state index in [1.54, 1.807) is 11.3 Å². The number of thiophene rings is 1. The Bertz CT molecular complexity index is 552. The second kappa shape index (κ2) is 4.35. The average Bonchev–Trinajstić information content (AvgIpc) is 2.76. The Hall–Kier alpha value is -1.00. The number of hydrogen-bond acceptors (Lipinski definition) is 3. The molecule has 0 saturated heterocycles. The Balaban J connectivity index is 1.95. The van der Waals surface area contributed by atoms with Crippen LogP contribution in [0.2, 0.25) is 0 Å². The fraction of sp³-hybridized carbons (Fsp3) is 0.231. The van der Waals surface area contributed by atoms with Crippen molar-refractivity contribution < 1.29 is 4.74 Å². The van der Waals surface area contributed by atoms with Gasteiger partial charge in [0.25, 0.3) is 0 Å². The van der Waals surface area contributed by atoms with Gasteiger partial charge in [0.05, 0.1) is 16.7 Å². The van der Waals surface area contributed by atoms with Crippen molar-refractivity contribution in [2.24, 2.45) is 0 Å². The molecule has 2 heterocycles. The van der Waals surface area contributed by atoms with E-state index in [9.17, 15) is 0 Å². The van der Waals surface area contributed by atoms with E-state index < -0.39 is 0 Å². The van der Waals surface area contributed by atoms with Gasteiger partial charge in [-0.2, -0.15) is 0 Å². The lowest BCUT2D eigenvalue weighted by Crippen LogP contribution is -2.23. The summed E-state index contributed by atoms with van der Waals surface area (Å²) in [5, 5.41) is 5.54. The first-order valence-electron chi connectivity index (χ1n) is 5.49. The second-order valence-corrected chi connectivity index (χ2v) is 5.87. The zero-order valence-corrected chi connectivity index (χ0v) is 11.8. The Morgan fingerprint density at radius 3 is 3.06 bits per heavy atom. The van der Waals surface area contributed by atoms with Gasteiger partial charge in [-0.25, -0.2) is 0 Å². The molecule has 2 aromatic rings. The summed E-state index contributed by atoms with van der Waals surface area (Å²) in [5.74, 6) is 0.913. The van der Waals surface area contributed by atoms with Gasteiger partial charge < -0.3 is 10.1 Å². The molecular weight excluding hydrogens is 298 g/mol. The SMILES string of the molecule is Cc1ccsc1C1CNc2cccc(Br)c2O1. The minimum absolute atomic E-state index is 0.112. The molecular formula is C13H12BrNOS. The minimum atomic E-state index is 0.112. The van der Waals surface area contributed by atoms with Crippen LogP contribution < -0.4 is 10.1 Å². The monoisotopic (exact) mass is 309 g/mol. The summed E-state index contributed by atoms with van der Waals surface area (Å²) >= 11 is 5.29. The molecule has 1 aliphatic rings. The lowest BCUT2D eigenvalue weighted by atomic mass is 10.1. The van der Waals surface area contributed by atoms with Crippen molar-refractivity contribution in [2.45, 2.75) is 13.0 Å². The smallest absolute Gasteiger partial charge is 0.157 e. The molecule has 0 spiro atoms. The van der Waals surface area contributed by atoms with E-state index in [-0.39, 0.29) is 6.10 Å². The summed E-state index contributed by atoms with van der Waals surface area (Å²) in [6.07, 6.45) is 0.112. The van der Waals surface area contributed by atoms with Crippen LogP contribution in [0, 0.1) is 6.92 Å². The molecule has 3 rings (SSSR count). The number of benzene rings is 1. The lowest BCUT2D eigenvalue weighted by Gasteiger charge is -2.28. The molecule has 1 aromatic heterocycles. The maximum atomic E-state index is 6.09. The van der Waals surface area contributed by atoms with Crippen LogP contribution in [0.25, 0.3) is 0 Å². The number of rotatable bonds is 1. The van der Waals surface area contributed by atoms with E-state index in [1.807, 2.05) is 18.2 Å². The van der Waals surface area contributed by atoms with Crippen molar-refractivity contribution in [1.82, 2.24) is 0 Å². The first-order chi connectivity index (χ1) is 8.25. The number of halogens is 1. The lowest BCUT2D eigenvalue weighted by molar-refractivity contribution is 0.212. The maximum absolute atomic E-state index is 6.09. The molecule has 88 valence electrons. The summed E-state index contributed by atoms with van der Waals surface area (Å²) in [4.78, 5) is 1.30. The van der Waals surface area contributed by atoms with Crippen molar-refractivity contribution >= 4 is 33.0 Å². The maximum Gasteiger partial charge on any atom is 0.157 e. The van der Waals surface area contributed by atoms with Gasteiger partial charge in [-0.3, -0.25) is 0 Å². The highest BCUT2D eigenvalue weighted by Gasteiger charge is 2.24. The van der Waals surface area contributed by atoms with Crippen molar-refractivity contribution in [2.75, 3.05) is 11.9 Å². The van der Waals surface area contributed by atoms with Gasteiger partial charge in [0, 0.05) is 4.88 Å². The molecule has 4 heteroatoms. The Morgan fingerprint density at radius 1 is 1.41 bits per heavy atom. The summed E-state index contributed by atoms with van der Waals surface area (Å²) in [7, 11) is 0. The van der Waals surface area contributed by atoms with Crippen LogP contribution in [0.4, 0.5) is 5.69 Å². The molecule has 1 atom stereocenters. The summed E-state index contributed by atoms with van der Waals surface area (Å²) < 4.78 is 7.09. The van der Waals surface area contributed by atoms with Gasteiger partial charge >= 0.3 is 0 Å². The summed E-state index contributed by atoms with van der Waals surface area (Å²) in [5.41, 5.74) is 2.36. The normalized spacial score (nSPS) is 18.1. The first-order valence-corrected chi connectivity index (χ1v) is 7.16. The fourth-order valence-electron chi connectivity index (χ4n) is 2.01. The van der Waals surface area contributed by atoms with E-state index in [0.29, 0.717) is 0 Å². The number of hydrogen-bond donors (Lipinski definition) is 1. The zero-order valence-electron chi connectivity index (χ0n) is 9.37. The first kappa shape index (κ1) is 11.1. The van der Waals surface area contributed by atoms with E-state index in [2.05, 4.69) is 39.6 Å². The Morgan fingerprint density at radius 2 is 2.29 bits per heavy atom. The van der Waals surface area contributed by atoms with Crippen LogP contribution >= 0.6 is 27.3 Å². The highest BCUT2D eigenvalue weighted by atomic mass is 79.9. The Labute approximate surface area is 113 Å². The predicted octanol–water partition coefficient (Wildman–Crippen LogP) is 4.36. The van der Waals surface area contributed by atoms with Gasteiger partial charge in [0.1, 0.15) is 0 Å². The molecule has 0 radical (unpaired) electrons. The van der Waals surface area contributed by atoms with Gasteiger partial charge in [-0.1, -0.05) is 6.07 Å². The molecule has 1 aromatic carbocycles. The predicted molar refractivity (Wildman–Crippen MR) is 75.1 cm³/mol. The summed E-state index contributed by atoms with van der Waals surface area (Å²) in [6, 6.07) is 8.19. The van der Waals surface area contributed by atoms with E-state index in [0.717, 1.165) is 22.5 Å². The zero-order chi connectivity index (χ0) is 11.8. The average molecular weight is 310 g/mol. The van der Waals surface area contributed by atoms with Crippen molar-refractivity contribution in [1.29, 1.82) is 0 Å². The standard InChI is InChI=1S/C13H12BrNOS/c1-8-5-6-17-13(8)11-7-15-10-4-2-3-9(14)12(10)16-11/h2-6,11,15H,7H2,1H3.